The Morgan fingerprint density at radius 1 is 0.435 bits per heavy atom. The number of hydrogen-bond acceptors (Lipinski definition) is 41. The van der Waals surface area contributed by atoms with E-state index in [1.54, 1.807) is 0 Å². The molecule has 0 aromatic carbocycles. The molecule has 13 aliphatic rings. The average Bonchev–Trinajstić information content (AvgIpc) is 1.54. The Morgan fingerprint density at radius 3 is 1.50 bits per heavy atom. The Morgan fingerprint density at radius 2 is 0.904 bits per heavy atom. The molecule has 0 radical (unpaired) electrons. The largest absolute Gasteiger partial charge is 0.394 e. The molecule has 41 heteroatoms. The number of fused-ring (bicyclic) bond motifs is 7. The molecule has 9 aliphatic heterocycles. The fraction of sp³-hybridized carbons (Fsp3) is 0.986. The number of aliphatic hydroxyl groups is 23. The molecule has 0 spiro atoms. The Bertz CT molecular complexity index is 3160. The fourth-order valence-electron chi connectivity index (χ4n) is 20.8. The second-order valence-corrected chi connectivity index (χ2v) is 34.9. The first-order chi connectivity index (χ1) is 54.3. The van der Waals surface area contributed by atoms with E-state index in [2.05, 4.69) is 6.92 Å². The zero-order chi connectivity index (χ0) is 83.4. The van der Waals surface area contributed by atoms with E-state index in [-0.39, 0.29) is 65.8 Å². The van der Waals surface area contributed by atoms with Gasteiger partial charge in [-0.25, -0.2) is 0 Å². The Balaban J connectivity index is 0.651. The number of aliphatic hydroxyl groups excluding tert-OH is 22. The van der Waals surface area contributed by atoms with Crippen LogP contribution in [0.3, 0.4) is 0 Å². The van der Waals surface area contributed by atoms with Crippen LogP contribution >= 0.6 is 0 Å². The number of rotatable bonds is 24. The second kappa shape index (κ2) is 36.3. The highest BCUT2D eigenvalue weighted by Crippen LogP contribution is 2.70. The van der Waals surface area contributed by atoms with Gasteiger partial charge in [0.2, 0.25) is 0 Å². The minimum atomic E-state index is -2.24. The summed E-state index contributed by atoms with van der Waals surface area (Å²) >= 11 is 0. The molecule has 51 atom stereocenters. The van der Waals surface area contributed by atoms with E-state index in [0.29, 0.717) is 38.5 Å². The van der Waals surface area contributed by atoms with Crippen molar-refractivity contribution < 1.29 is 203 Å². The highest BCUT2D eigenvalue weighted by Gasteiger charge is 2.72. The molecular weight excluding hydrogens is 1540 g/mol. The summed E-state index contributed by atoms with van der Waals surface area (Å²) in [7, 11) is 0. The van der Waals surface area contributed by atoms with Crippen LogP contribution in [-0.2, 0) is 85.3 Å². The number of hydrogen-bond donors (Lipinski definition) is 23. The summed E-state index contributed by atoms with van der Waals surface area (Å²) in [5, 5.41) is 255. The van der Waals surface area contributed by atoms with Gasteiger partial charge in [0.05, 0.1) is 70.2 Å². The van der Waals surface area contributed by atoms with Gasteiger partial charge in [-0.05, 0) is 101 Å². The molecule has 13 rings (SSSR count). The molecule has 41 nitrogen and oxygen atoms in total. The zero-order valence-electron chi connectivity index (χ0n) is 65.0. The summed E-state index contributed by atoms with van der Waals surface area (Å²) in [6.07, 6.45) is -66.8. The summed E-state index contributed by atoms with van der Waals surface area (Å²) in [4.78, 5) is 15.0. The van der Waals surface area contributed by atoms with Crippen molar-refractivity contribution in [2.75, 3.05) is 39.6 Å². The van der Waals surface area contributed by atoms with Crippen molar-refractivity contribution in [3.05, 3.63) is 0 Å². The molecule has 0 amide bonds. The molecule has 9 saturated heterocycles. The molecule has 4 saturated carbocycles. The summed E-state index contributed by atoms with van der Waals surface area (Å²) in [6.45, 7) is 7.79. The normalized spacial score (nSPS) is 55.8. The fourth-order valence-corrected chi connectivity index (χ4v) is 20.8. The molecule has 9 heterocycles. The average molecular weight is 1670 g/mol. The van der Waals surface area contributed by atoms with Crippen molar-refractivity contribution in [3.63, 3.8) is 0 Å². The number of Topliss-reactive ketones (excluding diaryl/α,β-unsaturated/α-hetero) is 1. The van der Waals surface area contributed by atoms with Crippen LogP contribution < -0.4 is 0 Å². The van der Waals surface area contributed by atoms with Crippen molar-refractivity contribution >= 4 is 5.78 Å². The molecule has 0 aromatic heterocycles. The molecular formula is C74H122O41. The lowest BCUT2D eigenvalue weighted by Gasteiger charge is -2.60. The van der Waals surface area contributed by atoms with E-state index < -0.39 is 296 Å². The number of ether oxygens (including phenoxy) is 17. The Kier molecular flexibility index (Phi) is 28.7. The van der Waals surface area contributed by atoms with Gasteiger partial charge in [0, 0.05) is 30.1 Å². The lowest BCUT2D eigenvalue weighted by molar-refractivity contribution is -0.416. The standard InChI is InChI=1S/C74H122O41/c1-23(21-99-64-52(92)48(88)44(84)35(17-75)105-64)10-13-74(98)24(2)40-34(115-74)15-32-30-9-8-28-14-29(11-12-72(28,6)31(30)16-39(80)73(32,40)7)104-68-55(95)49(89)59(37(19-77)107-68)110-69-56(96)50(90)60(38(20-78)108-69)111-71-63(114-65-51(91)43(83)33(79)22-100-65)61(45(85)36(18-76)106-71)112-70-62(113-67-54(94)47(87)42(82)26(4)102-67)57(97)58(27(5)103-70)109-66-53(93)46(86)41(81)25(3)101-66/h23-38,40-71,75-79,81-98H,8-22H2,1-7H3/t23-,24+,25-,26-,27-,28+,29+,30?,31?,32?,33-,34?,35-,36-,37-,38-,40?,41-,42-,43+,44-,45-,46+,47+,48+,49-,50-,51-,52-,53+,54+,55-,56-,57+,58-,59+,60-,61+,62+,63-,64-,65-,66+,67+,68-,69-,70-,71+,72+,73-,74-/m1/s1. The van der Waals surface area contributed by atoms with Crippen molar-refractivity contribution in [2.24, 2.45) is 52.3 Å². The topological polar surface area (TPSA) is 639 Å². The van der Waals surface area contributed by atoms with E-state index >= 15 is 0 Å². The predicted molar refractivity (Wildman–Crippen MR) is 372 cm³/mol. The molecule has 0 bridgehead atoms. The first-order valence-corrected chi connectivity index (χ1v) is 40.4. The lowest BCUT2D eigenvalue weighted by Crippen LogP contribution is -2.69. The van der Waals surface area contributed by atoms with Crippen LogP contribution in [0.25, 0.3) is 0 Å². The Labute approximate surface area is 662 Å². The minimum absolute atomic E-state index is 0.0143. The van der Waals surface area contributed by atoms with Crippen LogP contribution in [0.1, 0.15) is 106 Å². The first kappa shape index (κ1) is 90.8. The molecule has 4 aliphatic carbocycles. The van der Waals surface area contributed by atoms with Crippen molar-refractivity contribution in [1.82, 2.24) is 0 Å². The number of carbonyl (C=O) groups is 1. The zero-order valence-corrected chi connectivity index (χ0v) is 65.0. The van der Waals surface area contributed by atoms with E-state index in [0.717, 1.165) is 12.8 Å². The van der Waals surface area contributed by atoms with E-state index in [1.165, 1.54) is 20.8 Å². The van der Waals surface area contributed by atoms with E-state index in [1.807, 2.05) is 20.8 Å². The van der Waals surface area contributed by atoms with Crippen molar-refractivity contribution in [3.8, 4) is 0 Å². The highest BCUT2D eigenvalue weighted by molar-refractivity contribution is 5.87. The Hall–Kier alpha value is -1.93. The van der Waals surface area contributed by atoms with Gasteiger partial charge in [-0.2, -0.15) is 0 Å². The van der Waals surface area contributed by atoms with Crippen LogP contribution in [0.2, 0.25) is 0 Å². The van der Waals surface area contributed by atoms with Gasteiger partial charge in [-0.3, -0.25) is 4.79 Å². The number of ketones is 1. The predicted octanol–water partition coefficient (Wildman–Crippen LogP) is -9.76. The summed E-state index contributed by atoms with van der Waals surface area (Å²) in [5.74, 6) is -2.05. The molecule has 5 unspecified atom stereocenters. The van der Waals surface area contributed by atoms with Gasteiger partial charge in [0.25, 0.3) is 0 Å². The lowest BCUT2D eigenvalue weighted by atomic mass is 9.44. The van der Waals surface area contributed by atoms with Crippen LogP contribution in [0.15, 0.2) is 0 Å². The minimum Gasteiger partial charge on any atom is -0.394 e. The summed E-state index contributed by atoms with van der Waals surface area (Å²) < 4.78 is 103. The maximum Gasteiger partial charge on any atom is 0.187 e. The van der Waals surface area contributed by atoms with Gasteiger partial charge < -0.3 is 198 Å². The third kappa shape index (κ3) is 17.1. The monoisotopic (exact) mass is 1670 g/mol. The van der Waals surface area contributed by atoms with Crippen molar-refractivity contribution in [2.45, 2.75) is 364 Å². The SMILES string of the molecule is C[C@H](CC[C@@]1(O)OC2CC3C4CC[C@H]5C[C@@H](O[C@@H]6O[C@H](CO)[C@H](O[C@H]7O[C@H](CO)[C@@H](O[C@@H]8O[C@H](CO)[C@@H](O)[C@H](O[C@H]9O[C@H](C)[C@@H](O[C@@H]%10O[C@H](C)[C@@H](O)[C@H](O)[C@@H]%10O)[C@H](O)[C@@H]9O[C@@H]9O[C@H](C)[C@@H](O)[C@H](O)[C@@H]9O)[C@H]8O[C@H]8OC[C@@H](O)[C@H](O)[C@H]8O)[C@H](O)[C@H]7O)[C@H](O)[C@H]6O)CC[C@]5(C)C4CC(=O)[C@]3(C)C2[C@@H]1C)CO[C@@H]1O[C@H](CO)[C@@H](O)[C@H](O)[C@H]1O. The van der Waals surface area contributed by atoms with Crippen molar-refractivity contribution in [1.29, 1.82) is 0 Å². The van der Waals surface area contributed by atoms with Crippen LogP contribution in [0.5, 0.6) is 0 Å². The van der Waals surface area contributed by atoms with E-state index in [4.69, 9.17) is 80.5 Å². The molecule has 13 fully saturated rings. The second-order valence-electron chi connectivity index (χ2n) is 34.9. The maximum absolute atomic E-state index is 15.0. The van der Waals surface area contributed by atoms with E-state index in [9.17, 15) is 122 Å². The van der Waals surface area contributed by atoms with Gasteiger partial charge in [0.15, 0.2) is 56.1 Å². The summed E-state index contributed by atoms with van der Waals surface area (Å²) in [5.41, 5.74) is -1.09. The van der Waals surface area contributed by atoms with Crippen LogP contribution in [0, 0.1) is 52.3 Å². The van der Waals surface area contributed by atoms with Gasteiger partial charge in [-0.15, -0.1) is 0 Å². The van der Waals surface area contributed by atoms with Gasteiger partial charge in [0.1, 0.15) is 177 Å². The first-order valence-electron chi connectivity index (χ1n) is 40.4. The molecule has 115 heavy (non-hydrogen) atoms. The third-order valence-corrected chi connectivity index (χ3v) is 27.9. The van der Waals surface area contributed by atoms with Gasteiger partial charge in [-0.1, -0.05) is 27.7 Å². The number of carbonyl (C=O) groups excluding carboxylic acids is 1. The van der Waals surface area contributed by atoms with Gasteiger partial charge >= 0.3 is 0 Å². The maximum atomic E-state index is 15.0. The summed E-state index contributed by atoms with van der Waals surface area (Å²) in [6, 6.07) is 0. The molecule has 0 aromatic rings. The van der Waals surface area contributed by atoms with Crippen LogP contribution in [0.4, 0.5) is 0 Å². The molecule has 23 N–H and O–H groups in total. The highest BCUT2D eigenvalue weighted by atomic mass is 16.8. The quantitative estimate of drug-likeness (QED) is 0.0399. The third-order valence-electron chi connectivity index (χ3n) is 27.9. The molecule has 664 valence electrons. The smallest absolute Gasteiger partial charge is 0.187 e. The van der Waals surface area contributed by atoms with Crippen LogP contribution in [-0.4, -0.2) is 420 Å².